The second kappa shape index (κ2) is 10.5. The van der Waals surface area contributed by atoms with Crippen molar-refractivity contribution in [2.24, 2.45) is 0 Å². The molecule has 164 valence electrons. The van der Waals surface area contributed by atoms with Gasteiger partial charge in [0, 0.05) is 18.0 Å². The second-order valence-electron chi connectivity index (χ2n) is 6.84. The maximum atomic E-state index is 12.3. The van der Waals surface area contributed by atoms with Crippen LogP contribution in [0.25, 0.3) is 0 Å². The van der Waals surface area contributed by atoms with Gasteiger partial charge in [-0.2, -0.15) is 5.26 Å². The van der Waals surface area contributed by atoms with E-state index in [0.29, 0.717) is 27.6 Å². The second-order valence-corrected chi connectivity index (χ2v) is 7.82. The highest BCUT2D eigenvalue weighted by Crippen LogP contribution is 2.36. The number of carbonyl (C=O) groups excluding carboxylic acids is 3. The van der Waals surface area contributed by atoms with E-state index in [4.69, 9.17) is 9.47 Å². The highest BCUT2D eigenvalue weighted by atomic mass is 32.2. The maximum absolute atomic E-state index is 12.3. The van der Waals surface area contributed by atoms with Crippen molar-refractivity contribution in [3.8, 4) is 11.8 Å². The van der Waals surface area contributed by atoms with Crippen molar-refractivity contribution >= 4 is 35.2 Å². The Morgan fingerprint density at radius 2 is 1.84 bits per heavy atom. The van der Waals surface area contributed by atoms with E-state index in [1.165, 1.54) is 7.11 Å². The smallest absolute Gasteiger partial charge is 0.337 e. The lowest BCUT2D eigenvalue weighted by atomic mass is 9.87. The van der Waals surface area contributed by atoms with Crippen LogP contribution in [-0.4, -0.2) is 37.8 Å². The topological polar surface area (TPSA) is 118 Å². The lowest BCUT2D eigenvalue weighted by Crippen LogP contribution is -2.31. The van der Waals surface area contributed by atoms with Crippen molar-refractivity contribution in [1.29, 1.82) is 5.26 Å². The Labute approximate surface area is 189 Å². The first-order chi connectivity index (χ1) is 15.4. The Bertz CT molecular complexity index is 1090. The molecule has 2 aromatic carbocycles. The summed E-state index contributed by atoms with van der Waals surface area (Å²) in [6.07, 6.45) is 0.0998. The predicted molar refractivity (Wildman–Crippen MR) is 120 cm³/mol. The summed E-state index contributed by atoms with van der Waals surface area (Å²) in [7, 11) is 2.86. The van der Waals surface area contributed by atoms with E-state index in [9.17, 15) is 19.6 Å². The summed E-state index contributed by atoms with van der Waals surface area (Å²) in [5, 5.41) is 15.6. The standard InChI is InChI=1S/C23H21N3O5S/c1-30-17-9-7-16(8-10-17)25-21(28)13-32-22-19(12-24)18(11-20(27)26-22)14-3-5-15(6-4-14)23(29)31-2/h3-10,18H,11,13H2,1-2H3,(H,25,28)(H,26,27)/t18-/m0/s1. The number of allylic oxidation sites excluding steroid dienone is 1. The third-order valence-corrected chi connectivity index (χ3v) is 5.83. The van der Waals surface area contributed by atoms with Gasteiger partial charge in [-0.3, -0.25) is 9.59 Å². The number of carbonyl (C=O) groups is 3. The van der Waals surface area contributed by atoms with Crippen molar-refractivity contribution in [3.63, 3.8) is 0 Å². The number of benzene rings is 2. The number of esters is 1. The zero-order valence-corrected chi connectivity index (χ0v) is 18.3. The Kier molecular flexibility index (Phi) is 7.52. The summed E-state index contributed by atoms with van der Waals surface area (Å²) in [6, 6.07) is 15.7. The van der Waals surface area contributed by atoms with Gasteiger partial charge >= 0.3 is 5.97 Å². The predicted octanol–water partition coefficient (Wildman–Crippen LogP) is 3.19. The Morgan fingerprint density at radius 3 is 2.44 bits per heavy atom. The highest BCUT2D eigenvalue weighted by Gasteiger charge is 2.30. The third kappa shape index (κ3) is 5.47. The van der Waals surface area contributed by atoms with Crippen LogP contribution in [0, 0.1) is 11.3 Å². The number of hydrogen-bond donors (Lipinski definition) is 2. The minimum absolute atomic E-state index is 0.0147. The van der Waals surface area contributed by atoms with Crippen molar-refractivity contribution < 1.29 is 23.9 Å². The molecule has 1 aliphatic rings. The molecule has 0 aromatic heterocycles. The van der Waals surface area contributed by atoms with Gasteiger partial charge in [-0.1, -0.05) is 23.9 Å². The number of thioether (sulfide) groups is 1. The molecule has 0 unspecified atom stereocenters. The van der Waals surface area contributed by atoms with Gasteiger partial charge in [-0.05, 0) is 42.0 Å². The Balaban J connectivity index is 1.73. The quantitative estimate of drug-likeness (QED) is 0.621. The summed E-state index contributed by atoms with van der Waals surface area (Å²) in [6.45, 7) is 0. The summed E-state index contributed by atoms with van der Waals surface area (Å²) in [5.41, 5.74) is 2.09. The van der Waals surface area contributed by atoms with Crippen LogP contribution in [0.4, 0.5) is 5.69 Å². The van der Waals surface area contributed by atoms with Gasteiger partial charge in [0.05, 0.1) is 42.2 Å². The first-order valence-corrected chi connectivity index (χ1v) is 10.6. The number of anilines is 1. The number of amides is 2. The molecular weight excluding hydrogens is 430 g/mol. The fourth-order valence-corrected chi connectivity index (χ4v) is 4.07. The minimum Gasteiger partial charge on any atom is -0.497 e. The van der Waals surface area contributed by atoms with Crippen molar-refractivity contribution in [2.75, 3.05) is 25.3 Å². The van der Waals surface area contributed by atoms with Crippen LogP contribution in [0.5, 0.6) is 5.75 Å². The van der Waals surface area contributed by atoms with Crippen molar-refractivity contribution in [3.05, 3.63) is 70.3 Å². The number of ether oxygens (including phenoxy) is 2. The van der Waals surface area contributed by atoms with Gasteiger partial charge in [0.25, 0.3) is 0 Å². The van der Waals surface area contributed by atoms with Crippen LogP contribution in [0.3, 0.4) is 0 Å². The van der Waals surface area contributed by atoms with Crippen molar-refractivity contribution in [2.45, 2.75) is 12.3 Å². The van der Waals surface area contributed by atoms with Crippen LogP contribution in [0.2, 0.25) is 0 Å². The molecule has 8 nitrogen and oxygen atoms in total. The molecule has 9 heteroatoms. The van der Waals surface area contributed by atoms with E-state index < -0.39 is 11.9 Å². The van der Waals surface area contributed by atoms with Gasteiger partial charge in [0.1, 0.15) is 5.75 Å². The molecule has 3 rings (SSSR count). The molecule has 0 saturated carbocycles. The zero-order chi connectivity index (χ0) is 23.1. The average molecular weight is 452 g/mol. The van der Waals surface area contributed by atoms with Crippen LogP contribution < -0.4 is 15.4 Å². The largest absolute Gasteiger partial charge is 0.497 e. The summed E-state index contributed by atoms with van der Waals surface area (Å²) in [4.78, 5) is 36.3. The first-order valence-electron chi connectivity index (χ1n) is 9.64. The fraction of sp³-hybridized carbons (Fsp3) is 0.217. The monoisotopic (exact) mass is 451 g/mol. The molecule has 0 radical (unpaired) electrons. The van der Waals surface area contributed by atoms with E-state index in [-0.39, 0.29) is 24.0 Å². The Hall–Kier alpha value is -3.77. The number of hydrogen-bond acceptors (Lipinski definition) is 7. The molecule has 0 fully saturated rings. The SMILES string of the molecule is COC(=O)c1ccc([C@@H]2CC(=O)NC(SCC(=O)Nc3ccc(OC)cc3)=C2C#N)cc1. The lowest BCUT2D eigenvalue weighted by molar-refractivity contribution is -0.121. The number of rotatable bonds is 7. The molecule has 0 spiro atoms. The van der Waals surface area contributed by atoms with Crippen LogP contribution in [0.1, 0.15) is 28.3 Å². The van der Waals surface area contributed by atoms with E-state index >= 15 is 0 Å². The Morgan fingerprint density at radius 1 is 1.16 bits per heavy atom. The third-order valence-electron chi connectivity index (χ3n) is 4.81. The van der Waals surface area contributed by atoms with E-state index in [1.807, 2.05) is 0 Å². The van der Waals surface area contributed by atoms with Crippen LogP contribution in [0.15, 0.2) is 59.1 Å². The molecule has 1 heterocycles. The molecule has 2 amide bonds. The molecule has 2 N–H and O–H groups in total. The molecule has 0 bridgehead atoms. The van der Waals surface area contributed by atoms with Crippen molar-refractivity contribution in [1.82, 2.24) is 5.32 Å². The fourth-order valence-electron chi connectivity index (χ4n) is 3.20. The number of methoxy groups -OCH3 is 2. The molecule has 0 aliphatic carbocycles. The molecule has 1 atom stereocenters. The molecule has 1 aliphatic heterocycles. The lowest BCUT2D eigenvalue weighted by Gasteiger charge is -2.25. The summed E-state index contributed by atoms with van der Waals surface area (Å²) in [5.74, 6) is -0.758. The maximum Gasteiger partial charge on any atom is 0.337 e. The first kappa shape index (κ1) is 22.9. The molecule has 0 saturated heterocycles. The van der Waals surface area contributed by atoms with E-state index in [1.54, 1.807) is 55.6 Å². The number of nitriles is 1. The van der Waals surface area contributed by atoms with Gasteiger partial charge < -0.3 is 20.1 Å². The molecular formula is C23H21N3O5S. The minimum atomic E-state index is -0.465. The molecule has 2 aromatic rings. The average Bonchev–Trinajstić information content (AvgIpc) is 2.82. The van der Waals surface area contributed by atoms with Gasteiger partial charge in [-0.25, -0.2) is 4.79 Å². The zero-order valence-electron chi connectivity index (χ0n) is 17.5. The van der Waals surface area contributed by atoms with Gasteiger partial charge in [0.15, 0.2) is 0 Å². The number of nitrogens with zero attached hydrogens (tertiary/aromatic N) is 1. The highest BCUT2D eigenvalue weighted by molar-refractivity contribution is 8.03. The van der Waals surface area contributed by atoms with E-state index in [2.05, 4.69) is 16.7 Å². The van der Waals surface area contributed by atoms with Crippen LogP contribution >= 0.6 is 11.8 Å². The van der Waals surface area contributed by atoms with E-state index in [0.717, 1.165) is 17.3 Å². The van der Waals surface area contributed by atoms with Gasteiger partial charge in [0.2, 0.25) is 11.8 Å². The normalized spacial score (nSPS) is 15.4. The van der Waals surface area contributed by atoms with Crippen LogP contribution in [-0.2, 0) is 14.3 Å². The molecule has 32 heavy (non-hydrogen) atoms. The number of nitrogens with one attached hydrogen (secondary N) is 2. The van der Waals surface area contributed by atoms with Gasteiger partial charge in [-0.15, -0.1) is 0 Å². The summed E-state index contributed by atoms with van der Waals surface area (Å²) >= 11 is 1.09. The summed E-state index contributed by atoms with van der Waals surface area (Å²) < 4.78 is 9.78.